The van der Waals surface area contributed by atoms with Gasteiger partial charge >= 0.3 is 0 Å². The van der Waals surface area contributed by atoms with Gasteiger partial charge in [-0.3, -0.25) is 9.80 Å². The van der Waals surface area contributed by atoms with E-state index in [-0.39, 0.29) is 13.2 Å². The van der Waals surface area contributed by atoms with E-state index >= 15 is 0 Å². The first-order valence-electron chi connectivity index (χ1n) is 18.9. The maximum absolute atomic E-state index is 9.45. The molecule has 6 aromatic rings. The molecule has 256 valence electrons. The second-order valence-electron chi connectivity index (χ2n) is 14.8. The maximum Gasteiger partial charge on any atom is 0.0491 e. The molecule has 6 nitrogen and oxygen atoms in total. The van der Waals surface area contributed by atoms with Crippen molar-refractivity contribution in [3.8, 4) is 0 Å². The minimum absolute atomic E-state index is 0.271. The molecule has 0 atom stereocenters. The van der Waals surface area contributed by atoms with Crippen molar-refractivity contribution < 1.29 is 10.2 Å². The highest BCUT2D eigenvalue weighted by molar-refractivity contribution is 6.09. The number of benzene rings is 4. The number of hydrogen-bond acceptors (Lipinski definition) is 4. The largest absolute Gasteiger partial charge is 0.396 e. The predicted molar refractivity (Wildman–Crippen MR) is 203 cm³/mol. The average Bonchev–Trinajstić information content (AvgIpc) is 3.58. The molecule has 2 N–H and O–H groups in total. The lowest BCUT2D eigenvalue weighted by molar-refractivity contribution is 0.240. The Morgan fingerprint density at radius 1 is 0.408 bits per heavy atom. The summed E-state index contributed by atoms with van der Waals surface area (Å²) in [6.45, 7) is 8.28. The van der Waals surface area contributed by atoms with Crippen LogP contribution in [0.15, 0.2) is 72.8 Å². The van der Waals surface area contributed by atoms with Crippen LogP contribution in [0.4, 0.5) is 0 Å². The number of rotatable bonds is 10. The minimum Gasteiger partial charge on any atom is -0.396 e. The minimum atomic E-state index is 0.271. The van der Waals surface area contributed by atoms with Crippen LogP contribution >= 0.6 is 0 Å². The molecule has 0 radical (unpaired) electrons. The van der Waals surface area contributed by atoms with Gasteiger partial charge in [0.15, 0.2) is 0 Å². The molecule has 0 unspecified atom stereocenters. The molecule has 14 rings (SSSR count). The Bertz CT molecular complexity index is 1800. The Balaban J connectivity index is 1.31. The van der Waals surface area contributed by atoms with Crippen LogP contribution in [-0.2, 0) is 39.3 Å². The quantitative estimate of drug-likeness (QED) is 0.145. The van der Waals surface area contributed by atoms with Crippen LogP contribution < -0.4 is 0 Å². The van der Waals surface area contributed by atoms with Crippen LogP contribution in [0, 0.1) is 0 Å². The Morgan fingerprint density at radius 2 is 0.755 bits per heavy atom. The van der Waals surface area contributed by atoms with E-state index in [0.717, 1.165) is 104 Å². The van der Waals surface area contributed by atoms with Gasteiger partial charge < -0.3 is 19.3 Å². The fourth-order valence-electron chi connectivity index (χ4n) is 8.70. The first-order valence-corrected chi connectivity index (χ1v) is 18.9. The van der Waals surface area contributed by atoms with Crippen LogP contribution in [0.2, 0.25) is 0 Å². The van der Waals surface area contributed by atoms with Gasteiger partial charge in [0.05, 0.1) is 0 Å². The Labute approximate surface area is 290 Å². The lowest BCUT2D eigenvalue weighted by Gasteiger charge is -2.23. The molecule has 0 aliphatic carbocycles. The van der Waals surface area contributed by atoms with Crippen molar-refractivity contribution in [2.75, 3.05) is 26.3 Å². The van der Waals surface area contributed by atoms with Crippen molar-refractivity contribution in [3.05, 3.63) is 95.1 Å². The predicted octanol–water partition coefficient (Wildman–Crippen LogP) is 8.73. The third-order valence-electron chi connectivity index (χ3n) is 11.1. The van der Waals surface area contributed by atoms with Gasteiger partial charge in [0.25, 0.3) is 0 Å². The van der Waals surface area contributed by atoms with Gasteiger partial charge in [0, 0.05) is 96.1 Å². The standard InChI is InChI=1S/C43H52N4O2/c48-22-8-2-4-18-44-28-32-10-14-40-36(24-32)38-26-34-12-16-42(38)46(40)20-6-1-7-21-47-41-15-11-33(29-44)25-37(41)39-27-35(13-17-43(39)47)31-45(30-34)19-5-3-9-23-49/h10-17,24-27,48-49H,1-9,18-23,28-31H2. The zero-order valence-corrected chi connectivity index (χ0v) is 29.0. The smallest absolute Gasteiger partial charge is 0.0491 e. The number of aryl methyl sites for hydroxylation is 2. The summed E-state index contributed by atoms with van der Waals surface area (Å²) in [5.41, 5.74) is 10.9. The Hall–Kier alpha value is -3.68. The van der Waals surface area contributed by atoms with Crippen LogP contribution in [0.25, 0.3) is 43.6 Å². The van der Waals surface area contributed by atoms with E-state index in [1.807, 2.05) is 0 Å². The molecule has 6 heteroatoms. The van der Waals surface area contributed by atoms with Crippen LogP contribution in [0.5, 0.6) is 0 Å². The molecule has 8 aliphatic heterocycles. The molecule has 4 aromatic carbocycles. The molecule has 0 fully saturated rings. The van der Waals surface area contributed by atoms with Gasteiger partial charge in [0.2, 0.25) is 0 Å². The highest BCUT2D eigenvalue weighted by Gasteiger charge is 2.19. The number of nitrogens with zero attached hydrogens (tertiary/aromatic N) is 4. The van der Waals surface area contributed by atoms with Crippen molar-refractivity contribution in [2.45, 2.75) is 97.1 Å². The van der Waals surface area contributed by atoms with Gasteiger partial charge in [-0.25, -0.2) is 0 Å². The summed E-state index contributed by atoms with van der Waals surface area (Å²) in [5.74, 6) is 0. The van der Waals surface area contributed by atoms with Gasteiger partial charge in [0.1, 0.15) is 0 Å². The molecule has 0 saturated carbocycles. The summed E-state index contributed by atoms with van der Waals surface area (Å²) in [5, 5.41) is 24.4. The summed E-state index contributed by atoms with van der Waals surface area (Å²) in [6.07, 6.45) is 9.55. The number of aliphatic hydroxyl groups excluding tert-OH is 2. The second-order valence-corrected chi connectivity index (χ2v) is 14.8. The van der Waals surface area contributed by atoms with Crippen molar-refractivity contribution in [2.24, 2.45) is 0 Å². The topological polar surface area (TPSA) is 56.8 Å². The maximum atomic E-state index is 9.45. The summed E-state index contributed by atoms with van der Waals surface area (Å²) < 4.78 is 5.18. The lowest BCUT2D eigenvalue weighted by atomic mass is 10.0. The van der Waals surface area contributed by atoms with Gasteiger partial charge in [-0.15, -0.1) is 0 Å². The van der Waals surface area contributed by atoms with Crippen LogP contribution in [0.1, 0.15) is 80.0 Å². The van der Waals surface area contributed by atoms with E-state index in [1.165, 1.54) is 72.3 Å². The second kappa shape index (κ2) is 14.7. The third kappa shape index (κ3) is 6.77. The molecule has 0 saturated heterocycles. The normalized spacial score (nSPS) is 16.3. The molecular weight excluding hydrogens is 604 g/mol. The van der Waals surface area contributed by atoms with Crippen molar-refractivity contribution in [1.29, 1.82) is 0 Å². The zero-order chi connectivity index (χ0) is 33.2. The first kappa shape index (κ1) is 32.5. The third-order valence-corrected chi connectivity index (χ3v) is 11.1. The molecule has 10 heterocycles. The highest BCUT2D eigenvalue weighted by Crippen LogP contribution is 2.35. The Kier molecular flexibility index (Phi) is 9.73. The van der Waals surface area contributed by atoms with Crippen molar-refractivity contribution >= 4 is 43.6 Å². The average molecular weight is 657 g/mol. The molecule has 49 heavy (non-hydrogen) atoms. The summed E-state index contributed by atoms with van der Waals surface area (Å²) in [6, 6.07) is 29.0. The number of hydrogen-bond donors (Lipinski definition) is 2. The molecule has 14 bridgehead atoms. The molecule has 0 amide bonds. The zero-order valence-electron chi connectivity index (χ0n) is 29.0. The van der Waals surface area contributed by atoms with Crippen molar-refractivity contribution in [1.82, 2.24) is 18.9 Å². The summed E-state index contributed by atoms with van der Waals surface area (Å²) in [7, 11) is 0. The molecule has 8 aliphatic rings. The molecule has 2 aromatic heterocycles. The summed E-state index contributed by atoms with van der Waals surface area (Å²) >= 11 is 0. The van der Waals surface area contributed by atoms with Gasteiger partial charge in [-0.2, -0.15) is 0 Å². The fourth-order valence-corrected chi connectivity index (χ4v) is 8.70. The van der Waals surface area contributed by atoms with Crippen LogP contribution in [-0.4, -0.2) is 55.5 Å². The van der Waals surface area contributed by atoms with E-state index in [0.29, 0.717) is 0 Å². The van der Waals surface area contributed by atoms with Crippen LogP contribution in [0.3, 0.4) is 0 Å². The molecule has 0 spiro atoms. The van der Waals surface area contributed by atoms with E-state index < -0.39 is 0 Å². The van der Waals surface area contributed by atoms with Gasteiger partial charge in [-0.05, 0) is 142 Å². The highest BCUT2D eigenvalue weighted by atomic mass is 16.3. The lowest BCUT2D eigenvalue weighted by Crippen LogP contribution is -2.24. The van der Waals surface area contributed by atoms with E-state index in [2.05, 4.69) is 91.7 Å². The Morgan fingerprint density at radius 3 is 1.08 bits per heavy atom. The fraction of sp³-hybridized carbons (Fsp3) is 0.442. The monoisotopic (exact) mass is 656 g/mol. The van der Waals surface area contributed by atoms with E-state index in [1.54, 1.807) is 0 Å². The van der Waals surface area contributed by atoms with E-state index in [4.69, 9.17) is 0 Å². The number of aliphatic hydroxyl groups is 2. The van der Waals surface area contributed by atoms with E-state index in [9.17, 15) is 10.2 Å². The first-order chi connectivity index (χ1) is 24.2. The number of aromatic nitrogens is 2. The molecular formula is C43H52N4O2. The van der Waals surface area contributed by atoms with Gasteiger partial charge in [-0.1, -0.05) is 24.3 Å². The SMILES string of the molecule is OCCCCCN1Cc2ccc3c(c2)c2cc4ccc2n3CCCCCn2c3ccc(cc3c3cc(ccc32)CN(CCCCCO)C4)C1. The number of unbranched alkanes of at least 4 members (excludes halogenated alkanes) is 4. The van der Waals surface area contributed by atoms with Crippen molar-refractivity contribution in [3.63, 3.8) is 0 Å². The summed E-state index contributed by atoms with van der Waals surface area (Å²) in [4.78, 5) is 5.24.